The van der Waals surface area contributed by atoms with Gasteiger partial charge in [0.25, 0.3) is 5.91 Å². The lowest BCUT2D eigenvalue weighted by atomic mass is 10.1. The number of hydrogen-bond donors (Lipinski definition) is 0. The van der Waals surface area contributed by atoms with Crippen LogP contribution in [0.25, 0.3) is 0 Å². The maximum absolute atomic E-state index is 12.4. The van der Waals surface area contributed by atoms with Crippen molar-refractivity contribution in [2.75, 3.05) is 26.8 Å². The number of carbonyl (C=O) groups is 2. The predicted molar refractivity (Wildman–Crippen MR) is 71.3 cm³/mol. The van der Waals surface area contributed by atoms with Crippen LogP contribution in [0.2, 0.25) is 0 Å². The van der Waals surface area contributed by atoms with Gasteiger partial charge in [-0.15, -0.1) is 5.10 Å². The van der Waals surface area contributed by atoms with E-state index in [0.29, 0.717) is 31.8 Å². The van der Waals surface area contributed by atoms with Crippen molar-refractivity contribution < 1.29 is 14.3 Å². The minimum atomic E-state index is -0.118. The molecule has 0 N–H and O–H groups in total. The molecule has 20 heavy (non-hydrogen) atoms. The highest BCUT2D eigenvalue weighted by atomic mass is 32.1. The van der Waals surface area contributed by atoms with Gasteiger partial charge in [-0.3, -0.25) is 9.59 Å². The number of nitrogens with zero attached hydrogens (tertiary/aromatic N) is 4. The Hall–Kier alpha value is -1.54. The van der Waals surface area contributed by atoms with Crippen molar-refractivity contribution in [3.05, 3.63) is 11.1 Å². The molecule has 8 heteroatoms. The molecular formula is C12H16N4O3S. The standard InChI is InChI=1S/C12H16N4O3S/c1-19-5-4-15-9-2-3-16(10(9)6-11(15)17)12(18)8-7-20-14-13-8/h7,9-10H,2-6H2,1H3/t9-,10-/m0/s1. The molecule has 0 aromatic carbocycles. The van der Waals surface area contributed by atoms with Crippen molar-refractivity contribution in [3.8, 4) is 0 Å². The Labute approximate surface area is 120 Å². The van der Waals surface area contributed by atoms with E-state index in [9.17, 15) is 9.59 Å². The Kier molecular flexibility index (Phi) is 3.66. The van der Waals surface area contributed by atoms with Crippen molar-refractivity contribution in [2.24, 2.45) is 0 Å². The van der Waals surface area contributed by atoms with Gasteiger partial charge >= 0.3 is 0 Å². The van der Waals surface area contributed by atoms with Crippen LogP contribution < -0.4 is 0 Å². The molecule has 2 saturated heterocycles. The van der Waals surface area contributed by atoms with Gasteiger partial charge in [0.05, 0.1) is 18.7 Å². The van der Waals surface area contributed by atoms with Gasteiger partial charge in [0.2, 0.25) is 5.91 Å². The Balaban J connectivity index is 1.73. The summed E-state index contributed by atoms with van der Waals surface area (Å²) in [6, 6.07) is 0.0850. The lowest BCUT2D eigenvalue weighted by molar-refractivity contribution is -0.129. The van der Waals surface area contributed by atoms with Crippen LogP contribution in [-0.4, -0.2) is 70.1 Å². The Morgan fingerprint density at radius 1 is 1.55 bits per heavy atom. The molecule has 1 aromatic rings. The van der Waals surface area contributed by atoms with Crippen LogP contribution in [0.1, 0.15) is 23.3 Å². The van der Waals surface area contributed by atoms with Crippen LogP contribution in [0, 0.1) is 0 Å². The number of ether oxygens (including phenoxy) is 1. The van der Waals surface area contributed by atoms with Gasteiger partial charge < -0.3 is 14.5 Å². The Bertz CT molecular complexity index is 507. The molecule has 0 radical (unpaired) electrons. The average Bonchev–Trinajstić information content (AvgIpc) is 3.12. The largest absolute Gasteiger partial charge is 0.383 e. The van der Waals surface area contributed by atoms with E-state index in [4.69, 9.17) is 4.74 Å². The molecule has 2 amide bonds. The number of hydrogen-bond acceptors (Lipinski definition) is 6. The molecule has 7 nitrogen and oxygen atoms in total. The minimum Gasteiger partial charge on any atom is -0.383 e. The number of methoxy groups -OCH3 is 1. The van der Waals surface area contributed by atoms with Gasteiger partial charge in [0.1, 0.15) is 0 Å². The summed E-state index contributed by atoms with van der Waals surface area (Å²) in [4.78, 5) is 28.0. The first kappa shape index (κ1) is 13.4. The molecule has 0 aliphatic carbocycles. The van der Waals surface area contributed by atoms with Crippen LogP contribution in [0.3, 0.4) is 0 Å². The van der Waals surface area contributed by atoms with Gasteiger partial charge in [-0.05, 0) is 18.0 Å². The number of rotatable bonds is 4. The number of carbonyl (C=O) groups excluding carboxylic acids is 2. The van der Waals surface area contributed by atoms with Gasteiger partial charge in [-0.25, -0.2) is 0 Å². The van der Waals surface area contributed by atoms with Crippen molar-refractivity contribution in [3.63, 3.8) is 0 Å². The summed E-state index contributed by atoms with van der Waals surface area (Å²) in [5, 5.41) is 5.47. The van der Waals surface area contributed by atoms with Gasteiger partial charge in [-0.2, -0.15) is 0 Å². The fourth-order valence-electron chi connectivity index (χ4n) is 3.07. The predicted octanol–water partition coefficient (Wildman–Crippen LogP) is -0.000100. The van der Waals surface area contributed by atoms with Crippen LogP contribution in [-0.2, 0) is 9.53 Å². The third-order valence-electron chi connectivity index (χ3n) is 3.99. The maximum atomic E-state index is 12.4. The molecule has 0 saturated carbocycles. The summed E-state index contributed by atoms with van der Waals surface area (Å²) in [6.45, 7) is 1.79. The Morgan fingerprint density at radius 2 is 2.40 bits per heavy atom. The highest BCUT2D eigenvalue weighted by Crippen LogP contribution is 2.33. The molecule has 3 heterocycles. The maximum Gasteiger partial charge on any atom is 0.275 e. The van der Waals surface area contributed by atoms with Crippen molar-refractivity contribution in [2.45, 2.75) is 24.9 Å². The summed E-state index contributed by atoms with van der Waals surface area (Å²) in [7, 11) is 1.62. The minimum absolute atomic E-state index is 0.0337. The molecule has 2 fully saturated rings. The second-order valence-corrected chi connectivity index (χ2v) is 5.61. The second-order valence-electron chi connectivity index (χ2n) is 5.00. The second kappa shape index (κ2) is 5.45. The van der Waals surface area contributed by atoms with Crippen LogP contribution >= 0.6 is 11.5 Å². The molecule has 3 rings (SSSR count). The van der Waals surface area contributed by atoms with E-state index < -0.39 is 0 Å². The van der Waals surface area contributed by atoms with Crippen LogP contribution in [0.4, 0.5) is 0 Å². The van der Waals surface area contributed by atoms with Crippen LogP contribution in [0.5, 0.6) is 0 Å². The summed E-state index contributed by atoms with van der Waals surface area (Å²) in [6.07, 6.45) is 1.22. The summed E-state index contributed by atoms with van der Waals surface area (Å²) in [5.41, 5.74) is 0.374. The van der Waals surface area contributed by atoms with E-state index in [-0.39, 0.29) is 23.9 Å². The van der Waals surface area contributed by atoms with Crippen molar-refractivity contribution >= 4 is 23.3 Å². The summed E-state index contributed by atoms with van der Waals surface area (Å²) < 4.78 is 8.76. The first-order chi connectivity index (χ1) is 9.72. The zero-order chi connectivity index (χ0) is 14.1. The van der Waals surface area contributed by atoms with E-state index in [1.807, 2.05) is 4.90 Å². The van der Waals surface area contributed by atoms with Gasteiger partial charge in [-0.1, -0.05) is 4.49 Å². The SMILES string of the molecule is COCCN1C(=O)C[C@H]2[C@@H]1CCN2C(=O)c1csnn1. The summed E-state index contributed by atoms with van der Waals surface area (Å²) >= 11 is 1.16. The van der Waals surface area contributed by atoms with E-state index in [1.165, 1.54) is 0 Å². The fraction of sp³-hybridized carbons (Fsp3) is 0.667. The van der Waals surface area contributed by atoms with Gasteiger partial charge in [0, 0.05) is 32.0 Å². The first-order valence-electron chi connectivity index (χ1n) is 6.59. The molecule has 1 aromatic heterocycles. The Morgan fingerprint density at radius 3 is 3.10 bits per heavy atom. The number of aromatic nitrogens is 2. The quantitative estimate of drug-likeness (QED) is 0.782. The van der Waals surface area contributed by atoms with Crippen molar-refractivity contribution in [1.82, 2.24) is 19.4 Å². The first-order valence-corrected chi connectivity index (χ1v) is 7.42. The highest BCUT2D eigenvalue weighted by Gasteiger charge is 2.48. The van der Waals surface area contributed by atoms with Crippen molar-refractivity contribution in [1.29, 1.82) is 0 Å². The number of likely N-dealkylation sites (tertiary alicyclic amines) is 2. The zero-order valence-corrected chi connectivity index (χ0v) is 12.0. The van der Waals surface area contributed by atoms with E-state index in [0.717, 1.165) is 18.0 Å². The normalized spacial score (nSPS) is 25.4. The lowest BCUT2D eigenvalue weighted by Crippen LogP contribution is -2.40. The molecule has 2 aliphatic heterocycles. The van der Waals surface area contributed by atoms with E-state index in [2.05, 4.69) is 9.59 Å². The smallest absolute Gasteiger partial charge is 0.275 e. The molecule has 108 valence electrons. The van der Waals surface area contributed by atoms with E-state index in [1.54, 1.807) is 17.4 Å². The fourth-order valence-corrected chi connectivity index (χ4v) is 3.50. The molecular weight excluding hydrogens is 280 g/mol. The molecule has 0 spiro atoms. The molecule has 0 bridgehead atoms. The zero-order valence-electron chi connectivity index (χ0n) is 11.2. The van der Waals surface area contributed by atoms with Gasteiger partial charge in [0.15, 0.2) is 5.69 Å². The molecule has 2 aliphatic rings. The average molecular weight is 296 g/mol. The van der Waals surface area contributed by atoms with Crippen LogP contribution in [0.15, 0.2) is 5.38 Å². The summed E-state index contributed by atoms with van der Waals surface area (Å²) in [5.74, 6) is -0.0152. The third kappa shape index (κ3) is 2.18. The van der Waals surface area contributed by atoms with E-state index >= 15 is 0 Å². The third-order valence-corrected chi connectivity index (χ3v) is 4.50. The molecule has 0 unspecified atom stereocenters. The highest BCUT2D eigenvalue weighted by molar-refractivity contribution is 7.03. The number of amides is 2. The lowest BCUT2D eigenvalue weighted by Gasteiger charge is -2.24. The number of fused-ring (bicyclic) bond motifs is 1. The topological polar surface area (TPSA) is 75.6 Å². The monoisotopic (exact) mass is 296 g/mol. The molecule has 2 atom stereocenters.